The van der Waals surface area contributed by atoms with Crippen molar-refractivity contribution < 1.29 is 14.3 Å². The predicted octanol–water partition coefficient (Wildman–Crippen LogP) is 8.27. The van der Waals surface area contributed by atoms with Crippen molar-refractivity contribution in [2.75, 3.05) is 20.8 Å². The molecule has 0 N–H and O–H groups in total. The Balaban J connectivity index is 1.30. The second kappa shape index (κ2) is 11.3. The van der Waals surface area contributed by atoms with Gasteiger partial charge in [0.2, 0.25) is 0 Å². The van der Waals surface area contributed by atoms with Gasteiger partial charge in [-0.1, -0.05) is 73.9 Å². The van der Waals surface area contributed by atoms with E-state index >= 15 is 0 Å². The molecule has 2 heterocycles. The van der Waals surface area contributed by atoms with Gasteiger partial charge in [-0.3, -0.25) is 4.79 Å². The van der Waals surface area contributed by atoms with Crippen LogP contribution in [0.2, 0.25) is 0 Å². The molecule has 5 heteroatoms. The number of amides is 1. The van der Waals surface area contributed by atoms with E-state index in [9.17, 15) is 4.79 Å². The lowest BCUT2D eigenvalue weighted by molar-refractivity contribution is 0.0699. The summed E-state index contributed by atoms with van der Waals surface area (Å²) in [4.78, 5) is 18.0. The number of hydrogen-bond acceptors (Lipinski definition) is 4. The quantitative estimate of drug-likeness (QED) is 0.248. The standard InChI is InChI=1S/C34H35NO3S/c1-37-29-21-27-19-20-35(33(26-11-7-4-8-12-26)28(27)22-30(29)38-2)34(36)32-18-17-31(39-32)25-15-13-24(14-16-25)23-9-5-3-6-10-23/h4,7-8,11-18,21-23,33H,3,5-6,9-10,19-20H2,1-2H3. The third kappa shape index (κ3) is 5.08. The number of thiophene rings is 1. The number of methoxy groups -OCH3 is 2. The van der Waals surface area contributed by atoms with Crippen molar-refractivity contribution in [1.82, 2.24) is 4.90 Å². The molecule has 0 spiro atoms. The Morgan fingerprint density at radius 3 is 2.26 bits per heavy atom. The van der Waals surface area contributed by atoms with Gasteiger partial charge in [-0.2, -0.15) is 0 Å². The number of carbonyl (C=O) groups is 1. The molecule has 39 heavy (non-hydrogen) atoms. The van der Waals surface area contributed by atoms with Crippen LogP contribution in [0.15, 0.2) is 78.9 Å². The zero-order chi connectivity index (χ0) is 26.8. The summed E-state index contributed by atoms with van der Waals surface area (Å²) in [7, 11) is 3.32. The first-order valence-corrected chi connectivity index (χ1v) is 14.8. The van der Waals surface area contributed by atoms with Crippen LogP contribution in [0.3, 0.4) is 0 Å². The molecule has 1 unspecified atom stereocenters. The Bertz CT molecular complexity index is 1440. The monoisotopic (exact) mass is 537 g/mol. The molecule has 200 valence electrons. The van der Waals surface area contributed by atoms with Crippen molar-refractivity contribution in [3.8, 4) is 21.9 Å². The zero-order valence-corrected chi connectivity index (χ0v) is 23.5. The van der Waals surface area contributed by atoms with E-state index in [2.05, 4.69) is 48.5 Å². The first-order valence-electron chi connectivity index (χ1n) is 14.0. The van der Waals surface area contributed by atoms with Crippen LogP contribution in [0, 0.1) is 0 Å². The van der Waals surface area contributed by atoms with E-state index in [1.807, 2.05) is 35.2 Å². The highest BCUT2D eigenvalue weighted by atomic mass is 32.1. The Hall–Kier alpha value is -3.57. The first-order chi connectivity index (χ1) is 19.2. The molecule has 0 bridgehead atoms. The molecular formula is C34H35NO3S. The van der Waals surface area contributed by atoms with Crippen LogP contribution >= 0.6 is 11.3 Å². The summed E-state index contributed by atoms with van der Waals surface area (Å²) in [6, 6.07) is 27.3. The molecule has 4 aromatic rings. The van der Waals surface area contributed by atoms with Gasteiger partial charge < -0.3 is 14.4 Å². The Morgan fingerprint density at radius 1 is 0.821 bits per heavy atom. The van der Waals surface area contributed by atoms with Gasteiger partial charge in [0.25, 0.3) is 5.91 Å². The van der Waals surface area contributed by atoms with E-state index in [1.165, 1.54) is 48.8 Å². The molecular weight excluding hydrogens is 502 g/mol. The van der Waals surface area contributed by atoms with Gasteiger partial charge in [0.05, 0.1) is 25.1 Å². The number of carbonyl (C=O) groups excluding carboxylic acids is 1. The van der Waals surface area contributed by atoms with Crippen molar-refractivity contribution in [2.45, 2.75) is 50.5 Å². The number of nitrogens with zero attached hydrogens (tertiary/aromatic N) is 1. The lowest BCUT2D eigenvalue weighted by atomic mass is 9.84. The van der Waals surface area contributed by atoms with Gasteiger partial charge in [0.15, 0.2) is 11.5 Å². The van der Waals surface area contributed by atoms with Crippen molar-refractivity contribution >= 4 is 17.2 Å². The number of rotatable bonds is 6. The summed E-state index contributed by atoms with van der Waals surface area (Å²) in [5, 5.41) is 0. The SMILES string of the molecule is COc1cc2c(cc1OC)C(c1ccccc1)N(C(=O)c1ccc(-c3ccc(C4CCCCC4)cc3)s1)CC2. The van der Waals surface area contributed by atoms with Gasteiger partial charge >= 0.3 is 0 Å². The van der Waals surface area contributed by atoms with Crippen LogP contribution in [-0.2, 0) is 6.42 Å². The molecule has 1 saturated carbocycles. The molecule has 6 rings (SSSR count). The molecule has 3 aromatic carbocycles. The highest BCUT2D eigenvalue weighted by molar-refractivity contribution is 7.17. The number of fused-ring (bicyclic) bond motifs is 1. The topological polar surface area (TPSA) is 38.8 Å². The lowest BCUT2D eigenvalue weighted by Gasteiger charge is -2.38. The molecule has 1 atom stereocenters. The Labute approximate surface area is 235 Å². The third-order valence-corrected chi connectivity index (χ3v) is 9.46. The van der Waals surface area contributed by atoms with E-state index in [1.54, 1.807) is 25.6 Å². The fourth-order valence-corrected chi connectivity index (χ4v) is 7.23. The molecule has 1 amide bonds. The minimum Gasteiger partial charge on any atom is -0.493 e. The normalized spacial score (nSPS) is 17.5. The van der Waals surface area contributed by atoms with Crippen molar-refractivity contribution in [1.29, 1.82) is 0 Å². The maximum absolute atomic E-state index is 14.1. The van der Waals surface area contributed by atoms with E-state index in [4.69, 9.17) is 9.47 Å². The number of ether oxygens (including phenoxy) is 2. The first kappa shape index (κ1) is 25.7. The van der Waals surface area contributed by atoms with E-state index < -0.39 is 0 Å². The smallest absolute Gasteiger partial charge is 0.264 e. The van der Waals surface area contributed by atoms with Gasteiger partial charge in [-0.25, -0.2) is 0 Å². The molecule has 1 aromatic heterocycles. The van der Waals surface area contributed by atoms with Crippen LogP contribution in [0.25, 0.3) is 10.4 Å². The third-order valence-electron chi connectivity index (χ3n) is 8.34. The van der Waals surface area contributed by atoms with Gasteiger partial charge in [-0.05, 0) is 77.3 Å². The summed E-state index contributed by atoms with van der Waals surface area (Å²) in [6.07, 6.45) is 7.43. The average molecular weight is 538 g/mol. The largest absolute Gasteiger partial charge is 0.493 e. The van der Waals surface area contributed by atoms with Gasteiger partial charge in [-0.15, -0.1) is 11.3 Å². The summed E-state index contributed by atoms with van der Waals surface area (Å²) in [5.74, 6) is 2.17. The fourth-order valence-electron chi connectivity index (χ4n) is 6.26. The minimum atomic E-state index is -0.192. The molecule has 0 radical (unpaired) electrons. The van der Waals surface area contributed by atoms with Crippen LogP contribution in [-0.4, -0.2) is 31.6 Å². The average Bonchev–Trinajstić information content (AvgIpc) is 3.51. The molecule has 1 aliphatic carbocycles. The summed E-state index contributed by atoms with van der Waals surface area (Å²) < 4.78 is 11.2. The predicted molar refractivity (Wildman–Crippen MR) is 158 cm³/mol. The van der Waals surface area contributed by atoms with Crippen molar-refractivity contribution in [3.05, 3.63) is 106 Å². The molecule has 1 aliphatic heterocycles. The van der Waals surface area contributed by atoms with Crippen molar-refractivity contribution in [3.63, 3.8) is 0 Å². The zero-order valence-electron chi connectivity index (χ0n) is 22.7. The van der Waals surface area contributed by atoms with Crippen molar-refractivity contribution in [2.24, 2.45) is 0 Å². The molecule has 2 aliphatic rings. The fraction of sp³-hybridized carbons (Fsp3) is 0.324. The highest BCUT2D eigenvalue weighted by Crippen LogP contribution is 2.42. The molecule has 0 saturated heterocycles. The van der Waals surface area contributed by atoms with Gasteiger partial charge in [0, 0.05) is 11.4 Å². The maximum Gasteiger partial charge on any atom is 0.264 e. The van der Waals surface area contributed by atoms with Crippen LogP contribution in [0.4, 0.5) is 0 Å². The number of hydrogen-bond donors (Lipinski definition) is 0. The van der Waals surface area contributed by atoms with Crippen LogP contribution in [0.5, 0.6) is 11.5 Å². The molecule has 4 nitrogen and oxygen atoms in total. The highest BCUT2D eigenvalue weighted by Gasteiger charge is 2.34. The van der Waals surface area contributed by atoms with E-state index in [0.29, 0.717) is 18.2 Å². The summed E-state index contributed by atoms with van der Waals surface area (Å²) >= 11 is 1.59. The second-order valence-corrected chi connectivity index (χ2v) is 11.7. The van der Waals surface area contributed by atoms with E-state index in [-0.39, 0.29) is 11.9 Å². The Morgan fingerprint density at radius 2 is 1.54 bits per heavy atom. The summed E-state index contributed by atoms with van der Waals surface area (Å²) in [6.45, 7) is 0.643. The number of benzene rings is 3. The second-order valence-electron chi connectivity index (χ2n) is 10.6. The molecule has 1 fully saturated rings. The minimum absolute atomic E-state index is 0.0689. The summed E-state index contributed by atoms with van der Waals surface area (Å²) in [5.41, 5.74) is 6.01. The maximum atomic E-state index is 14.1. The lowest BCUT2D eigenvalue weighted by Crippen LogP contribution is -2.40. The van der Waals surface area contributed by atoms with Gasteiger partial charge in [0.1, 0.15) is 0 Å². The van der Waals surface area contributed by atoms with E-state index in [0.717, 1.165) is 33.1 Å². The van der Waals surface area contributed by atoms with Crippen LogP contribution in [0.1, 0.15) is 76.0 Å². The van der Waals surface area contributed by atoms with Crippen LogP contribution < -0.4 is 9.47 Å². The Kier molecular flexibility index (Phi) is 7.43.